The Balaban J connectivity index is 1.47. The molecule has 164 valence electrons. The number of esters is 1. The van der Waals surface area contributed by atoms with Crippen LogP contribution in [-0.4, -0.2) is 56.1 Å². The summed E-state index contributed by atoms with van der Waals surface area (Å²) in [6.07, 6.45) is 3.99. The first kappa shape index (κ1) is 22.5. The molecule has 1 aliphatic rings. The van der Waals surface area contributed by atoms with E-state index in [-0.39, 0.29) is 17.7 Å². The number of amides is 1. The molecule has 1 heterocycles. The van der Waals surface area contributed by atoms with E-state index in [4.69, 9.17) is 4.74 Å². The second-order valence-corrected chi connectivity index (χ2v) is 7.35. The average Bonchev–Trinajstić information content (AvgIpc) is 2.99. The second-order valence-electron chi connectivity index (χ2n) is 7.35. The van der Waals surface area contributed by atoms with Crippen LogP contribution in [0.4, 0.5) is 15.8 Å². The molecule has 1 aliphatic heterocycles. The standard InChI is InChI=1S/C24H28FN3O3/c1-2-31-24(30)13-6-19-4-9-21(10-5-19)26-23(29)18-27-14-3-15-28(17-16-27)22-11-7-20(25)8-12-22/h4-13H,2-3,14-18H2,1H3,(H,26,29)/b13-6+. The Hall–Kier alpha value is -3.19. The topological polar surface area (TPSA) is 61.9 Å². The number of rotatable bonds is 7. The van der Waals surface area contributed by atoms with Gasteiger partial charge in [-0.25, -0.2) is 9.18 Å². The molecule has 0 aromatic heterocycles. The Labute approximate surface area is 182 Å². The normalized spacial score (nSPS) is 15.0. The van der Waals surface area contributed by atoms with Crippen molar-refractivity contribution < 1.29 is 18.7 Å². The van der Waals surface area contributed by atoms with E-state index in [1.54, 1.807) is 37.3 Å². The van der Waals surface area contributed by atoms with E-state index in [2.05, 4.69) is 15.1 Å². The molecule has 0 atom stereocenters. The molecule has 1 N–H and O–H groups in total. The van der Waals surface area contributed by atoms with Gasteiger partial charge in [0, 0.05) is 43.6 Å². The van der Waals surface area contributed by atoms with Gasteiger partial charge in [-0.2, -0.15) is 0 Å². The third kappa shape index (κ3) is 7.22. The summed E-state index contributed by atoms with van der Waals surface area (Å²) in [5.41, 5.74) is 2.56. The van der Waals surface area contributed by atoms with E-state index in [1.165, 1.54) is 18.2 Å². The third-order valence-electron chi connectivity index (χ3n) is 5.04. The number of halogens is 1. The maximum absolute atomic E-state index is 13.1. The monoisotopic (exact) mass is 425 g/mol. The molecular formula is C24H28FN3O3. The smallest absolute Gasteiger partial charge is 0.330 e. The zero-order valence-corrected chi connectivity index (χ0v) is 17.7. The molecule has 1 fully saturated rings. The third-order valence-corrected chi connectivity index (χ3v) is 5.04. The van der Waals surface area contributed by atoms with Crippen molar-refractivity contribution >= 4 is 29.3 Å². The van der Waals surface area contributed by atoms with Crippen LogP contribution in [0.1, 0.15) is 18.9 Å². The van der Waals surface area contributed by atoms with Crippen LogP contribution in [0.15, 0.2) is 54.6 Å². The van der Waals surface area contributed by atoms with Gasteiger partial charge in [0.1, 0.15) is 5.82 Å². The first-order chi connectivity index (χ1) is 15.0. The number of anilines is 2. The van der Waals surface area contributed by atoms with Crippen LogP contribution < -0.4 is 10.2 Å². The maximum atomic E-state index is 13.1. The van der Waals surface area contributed by atoms with Crippen molar-refractivity contribution in [2.45, 2.75) is 13.3 Å². The van der Waals surface area contributed by atoms with Crippen LogP contribution >= 0.6 is 0 Å². The summed E-state index contributed by atoms with van der Waals surface area (Å²) in [5, 5.41) is 2.92. The van der Waals surface area contributed by atoms with Crippen LogP contribution in [0, 0.1) is 5.82 Å². The van der Waals surface area contributed by atoms with Gasteiger partial charge in [-0.05, 0) is 61.4 Å². The van der Waals surface area contributed by atoms with Crippen molar-refractivity contribution in [2.75, 3.05) is 49.5 Å². The van der Waals surface area contributed by atoms with E-state index in [1.807, 2.05) is 12.1 Å². The van der Waals surface area contributed by atoms with Crippen molar-refractivity contribution in [1.82, 2.24) is 4.90 Å². The fraction of sp³-hybridized carbons (Fsp3) is 0.333. The fourth-order valence-electron chi connectivity index (χ4n) is 3.47. The minimum absolute atomic E-state index is 0.0648. The zero-order chi connectivity index (χ0) is 22.1. The highest BCUT2D eigenvalue weighted by Gasteiger charge is 2.17. The largest absolute Gasteiger partial charge is 0.463 e. The van der Waals surface area contributed by atoms with Gasteiger partial charge < -0.3 is 15.0 Å². The summed E-state index contributed by atoms with van der Waals surface area (Å²) in [5.74, 6) is -0.680. The average molecular weight is 426 g/mol. The van der Waals surface area contributed by atoms with Gasteiger partial charge in [-0.1, -0.05) is 12.1 Å². The second kappa shape index (κ2) is 11.3. The van der Waals surface area contributed by atoms with Gasteiger partial charge in [-0.15, -0.1) is 0 Å². The molecule has 2 aromatic rings. The number of hydrogen-bond acceptors (Lipinski definition) is 5. The maximum Gasteiger partial charge on any atom is 0.330 e. The van der Waals surface area contributed by atoms with Crippen molar-refractivity contribution in [1.29, 1.82) is 0 Å². The highest BCUT2D eigenvalue weighted by atomic mass is 19.1. The van der Waals surface area contributed by atoms with E-state index in [0.29, 0.717) is 18.8 Å². The SMILES string of the molecule is CCOC(=O)/C=C/c1ccc(NC(=O)CN2CCCN(c3ccc(F)cc3)CC2)cc1. The predicted octanol–water partition coefficient (Wildman–Crippen LogP) is 3.55. The molecule has 2 aromatic carbocycles. The first-order valence-electron chi connectivity index (χ1n) is 10.5. The lowest BCUT2D eigenvalue weighted by Gasteiger charge is -2.23. The Morgan fingerprint density at radius 3 is 2.48 bits per heavy atom. The molecule has 7 heteroatoms. The van der Waals surface area contributed by atoms with E-state index >= 15 is 0 Å². The van der Waals surface area contributed by atoms with Crippen molar-refractivity contribution in [3.63, 3.8) is 0 Å². The number of hydrogen-bond donors (Lipinski definition) is 1. The summed E-state index contributed by atoms with van der Waals surface area (Å²) in [6.45, 7) is 5.70. The number of ether oxygens (including phenoxy) is 1. The molecule has 0 spiro atoms. The van der Waals surface area contributed by atoms with Gasteiger partial charge in [-0.3, -0.25) is 9.69 Å². The van der Waals surface area contributed by atoms with Crippen LogP contribution in [0.5, 0.6) is 0 Å². The van der Waals surface area contributed by atoms with Crippen LogP contribution in [-0.2, 0) is 14.3 Å². The molecule has 3 rings (SSSR count). The summed E-state index contributed by atoms with van der Waals surface area (Å²) in [4.78, 5) is 28.2. The number of nitrogens with zero attached hydrogens (tertiary/aromatic N) is 2. The molecular weight excluding hydrogens is 397 g/mol. The minimum Gasteiger partial charge on any atom is -0.463 e. The minimum atomic E-state index is -0.379. The van der Waals surface area contributed by atoms with Crippen LogP contribution in [0.2, 0.25) is 0 Å². The molecule has 1 saturated heterocycles. The van der Waals surface area contributed by atoms with E-state index < -0.39 is 0 Å². The number of nitrogens with one attached hydrogen (secondary N) is 1. The predicted molar refractivity (Wildman–Crippen MR) is 120 cm³/mol. The van der Waals surface area contributed by atoms with Gasteiger partial charge in [0.2, 0.25) is 5.91 Å². The van der Waals surface area contributed by atoms with Gasteiger partial charge in [0.05, 0.1) is 13.2 Å². The summed E-state index contributed by atoms with van der Waals surface area (Å²) < 4.78 is 18.0. The molecule has 0 aliphatic carbocycles. The lowest BCUT2D eigenvalue weighted by atomic mass is 10.2. The van der Waals surface area contributed by atoms with Crippen molar-refractivity contribution in [3.05, 3.63) is 66.0 Å². The lowest BCUT2D eigenvalue weighted by Crippen LogP contribution is -2.36. The van der Waals surface area contributed by atoms with Crippen molar-refractivity contribution in [3.8, 4) is 0 Å². The van der Waals surface area contributed by atoms with Crippen LogP contribution in [0.3, 0.4) is 0 Å². The Bertz CT molecular complexity index is 897. The number of carbonyl (C=O) groups excluding carboxylic acids is 2. The quantitative estimate of drug-likeness (QED) is 0.543. The van der Waals surface area contributed by atoms with E-state index in [0.717, 1.165) is 43.9 Å². The Kier molecular flexibility index (Phi) is 8.18. The highest BCUT2D eigenvalue weighted by Crippen LogP contribution is 2.17. The highest BCUT2D eigenvalue weighted by molar-refractivity contribution is 5.92. The van der Waals surface area contributed by atoms with Crippen molar-refractivity contribution in [2.24, 2.45) is 0 Å². The van der Waals surface area contributed by atoms with Gasteiger partial charge >= 0.3 is 5.97 Å². The number of benzene rings is 2. The summed E-state index contributed by atoms with van der Waals surface area (Å²) >= 11 is 0. The molecule has 0 bridgehead atoms. The van der Waals surface area contributed by atoms with E-state index in [9.17, 15) is 14.0 Å². The summed E-state index contributed by atoms with van der Waals surface area (Å²) in [6, 6.07) is 13.8. The first-order valence-corrected chi connectivity index (χ1v) is 10.5. The van der Waals surface area contributed by atoms with Crippen LogP contribution in [0.25, 0.3) is 6.08 Å². The van der Waals surface area contributed by atoms with Gasteiger partial charge in [0.25, 0.3) is 0 Å². The Morgan fingerprint density at radius 2 is 1.77 bits per heavy atom. The molecule has 0 radical (unpaired) electrons. The van der Waals surface area contributed by atoms with Gasteiger partial charge in [0.15, 0.2) is 0 Å². The molecule has 0 unspecified atom stereocenters. The fourth-order valence-corrected chi connectivity index (χ4v) is 3.47. The molecule has 0 saturated carbocycles. The molecule has 1 amide bonds. The lowest BCUT2D eigenvalue weighted by molar-refractivity contribution is -0.137. The molecule has 6 nitrogen and oxygen atoms in total. The number of carbonyl (C=O) groups is 2. The molecule has 31 heavy (non-hydrogen) atoms. The zero-order valence-electron chi connectivity index (χ0n) is 17.7. The summed E-state index contributed by atoms with van der Waals surface area (Å²) in [7, 11) is 0. The Morgan fingerprint density at radius 1 is 1.03 bits per heavy atom.